The third-order valence-corrected chi connectivity index (χ3v) is 8.55. The SMILES string of the molecule is COc1cccc2ccc(CO[C@@H]3O[C@H](COC(C)=O)[C@@H](OC(C)=O)[C@H](O[C@@H]4O[C@H](COC(C)=O)[C@@H](OC(C)=O)[C@H](OC(C)=O)[C@H]4NC(C)=O)[C@H]3OC(C)=O)cc12. The zero-order valence-electron chi connectivity index (χ0n) is 32.7. The highest BCUT2D eigenvalue weighted by molar-refractivity contribution is 5.88. The molecule has 2 fully saturated rings. The van der Waals surface area contributed by atoms with E-state index in [2.05, 4.69) is 5.32 Å². The summed E-state index contributed by atoms with van der Waals surface area (Å²) >= 11 is 0. The molecule has 10 atom stereocenters. The van der Waals surface area contributed by atoms with Crippen molar-refractivity contribution in [2.45, 2.75) is 116 Å². The number of carbonyl (C=O) groups excluding carboxylic acids is 7. The molecule has 0 radical (unpaired) electrons. The molecule has 0 saturated carbocycles. The molecular formula is C38H47NO18. The summed E-state index contributed by atoms with van der Waals surface area (Å²) in [5, 5.41) is 4.26. The molecule has 1 N–H and O–H groups in total. The molecular weight excluding hydrogens is 758 g/mol. The number of hydrogen-bond acceptors (Lipinski definition) is 18. The third-order valence-electron chi connectivity index (χ3n) is 8.55. The maximum absolute atomic E-state index is 12.7. The second kappa shape index (κ2) is 20.2. The van der Waals surface area contributed by atoms with Crippen molar-refractivity contribution in [3.05, 3.63) is 42.0 Å². The molecule has 19 heteroatoms. The second-order valence-corrected chi connectivity index (χ2v) is 13.1. The number of rotatable bonds is 15. The number of hydrogen-bond donors (Lipinski definition) is 1. The molecule has 1 amide bonds. The van der Waals surface area contributed by atoms with Crippen LogP contribution < -0.4 is 10.1 Å². The van der Waals surface area contributed by atoms with Gasteiger partial charge in [-0.1, -0.05) is 24.3 Å². The van der Waals surface area contributed by atoms with E-state index in [0.717, 1.165) is 59.2 Å². The summed E-state index contributed by atoms with van der Waals surface area (Å²) in [4.78, 5) is 86.6. The minimum absolute atomic E-state index is 0.140. The van der Waals surface area contributed by atoms with Crippen LogP contribution in [0, 0.1) is 0 Å². The van der Waals surface area contributed by atoms with E-state index in [1.165, 1.54) is 7.11 Å². The summed E-state index contributed by atoms with van der Waals surface area (Å²) < 4.78 is 63.5. The van der Waals surface area contributed by atoms with Crippen molar-refractivity contribution in [2.24, 2.45) is 0 Å². The third kappa shape index (κ3) is 12.3. The van der Waals surface area contributed by atoms with Gasteiger partial charge in [-0.2, -0.15) is 0 Å². The number of fused-ring (bicyclic) bond motifs is 1. The van der Waals surface area contributed by atoms with Gasteiger partial charge in [0.25, 0.3) is 0 Å². The van der Waals surface area contributed by atoms with Crippen molar-refractivity contribution < 1.29 is 85.7 Å². The van der Waals surface area contributed by atoms with E-state index >= 15 is 0 Å². The van der Waals surface area contributed by atoms with E-state index in [0.29, 0.717) is 11.3 Å². The summed E-state index contributed by atoms with van der Waals surface area (Å²) in [6.45, 7) is 6.55. The Hall–Kier alpha value is -5.37. The zero-order valence-corrected chi connectivity index (χ0v) is 32.7. The molecule has 57 heavy (non-hydrogen) atoms. The van der Waals surface area contributed by atoms with Gasteiger partial charge in [0.05, 0.1) is 13.7 Å². The summed E-state index contributed by atoms with van der Waals surface area (Å²) in [7, 11) is 1.54. The Morgan fingerprint density at radius 3 is 1.67 bits per heavy atom. The van der Waals surface area contributed by atoms with Gasteiger partial charge in [0.15, 0.2) is 37.0 Å². The van der Waals surface area contributed by atoms with E-state index in [1.807, 2.05) is 24.3 Å². The quantitative estimate of drug-likeness (QED) is 0.199. The fourth-order valence-electron chi connectivity index (χ4n) is 6.45. The molecule has 4 rings (SSSR count). The van der Waals surface area contributed by atoms with Crippen LogP contribution in [0.25, 0.3) is 10.8 Å². The first-order valence-electron chi connectivity index (χ1n) is 17.8. The van der Waals surface area contributed by atoms with Crippen molar-refractivity contribution in [2.75, 3.05) is 20.3 Å². The molecule has 312 valence electrons. The fraction of sp³-hybridized carbons (Fsp3) is 0.553. The van der Waals surface area contributed by atoms with E-state index in [-0.39, 0.29) is 6.61 Å². The number of carbonyl (C=O) groups is 7. The summed E-state index contributed by atoms with van der Waals surface area (Å²) in [6, 6.07) is 9.55. The Balaban J connectivity index is 1.82. The number of ether oxygens (including phenoxy) is 11. The predicted molar refractivity (Wildman–Crippen MR) is 191 cm³/mol. The molecule has 0 unspecified atom stereocenters. The van der Waals surface area contributed by atoms with Crippen LogP contribution in [-0.4, -0.2) is 123 Å². The van der Waals surface area contributed by atoms with Crippen LogP contribution in [0.2, 0.25) is 0 Å². The normalized spacial score (nSPS) is 26.9. The first-order valence-corrected chi connectivity index (χ1v) is 17.8. The maximum atomic E-state index is 12.7. The number of benzene rings is 2. The lowest BCUT2D eigenvalue weighted by Crippen LogP contribution is -2.69. The molecule has 2 aliphatic heterocycles. The second-order valence-electron chi connectivity index (χ2n) is 13.1. The molecule has 0 bridgehead atoms. The van der Waals surface area contributed by atoms with Gasteiger partial charge in [-0.25, -0.2) is 0 Å². The van der Waals surface area contributed by atoms with Crippen LogP contribution >= 0.6 is 0 Å². The highest BCUT2D eigenvalue weighted by Crippen LogP contribution is 2.35. The minimum atomic E-state index is -1.71. The van der Waals surface area contributed by atoms with Crippen molar-refractivity contribution >= 4 is 52.5 Å². The van der Waals surface area contributed by atoms with Gasteiger partial charge in [0.1, 0.15) is 43.3 Å². The van der Waals surface area contributed by atoms with E-state index in [9.17, 15) is 33.6 Å². The average molecular weight is 806 g/mol. The van der Waals surface area contributed by atoms with Gasteiger partial charge in [-0.3, -0.25) is 33.6 Å². The topological polar surface area (TPSA) is 233 Å². The van der Waals surface area contributed by atoms with Crippen molar-refractivity contribution in [1.29, 1.82) is 0 Å². The fourth-order valence-corrected chi connectivity index (χ4v) is 6.45. The standard InChI is InChI=1S/C38H47NO18/c1-18(40)39-31-34(53-23(6)45)32(51-21(4)43)29(16-48-19(2)41)55-37(31)57-35-33(52-22(5)44)30(17-49-20(3)42)56-38(36(35)54-24(7)46)50-15-25-12-13-26-10-9-11-28(47-8)27(26)14-25/h9-14,29-38H,15-17H2,1-8H3,(H,39,40)/t29-,30-,31-,32-,33-,34-,35+,36-,37+,38-/m1/s1. The molecule has 2 heterocycles. The minimum Gasteiger partial charge on any atom is -0.496 e. The zero-order chi connectivity index (χ0) is 42.0. The molecule has 0 aliphatic carbocycles. The number of amides is 1. The molecule has 19 nitrogen and oxygen atoms in total. The van der Waals surface area contributed by atoms with E-state index in [1.54, 1.807) is 12.1 Å². The Morgan fingerprint density at radius 1 is 0.614 bits per heavy atom. The Bertz CT molecular complexity index is 1800. The van der Waals surface area contributed by atoms with Crippen LogP contribution in [0.15, 0.2) is 36.4 Å². The lowest BCUT2D eigenvalue weighted by molar-refractivity contribution is -0.351. The van der Waals surface area contributed by atoms with Gasteiger partial charge in [-0.15, -0.1) is 0 Å². The van der Waals surface area contributed by atoms with Crippen LogP contribution in [0.5, 0.6) is 5.75 Å². The van der Waals surface area contributed by atoms with Crippen LogP contribution in [0.1, 0.15) is 54.0 Å². The number of nitrogens with one attached hydrogen (secondary N) is 1. The number of methoxy groups -OCH3 is 1. The Kier molecular flexibility index (Phi) is 15.7. The molecule has 2 aromatic rings. The summed E-state index contributed by atoms with van der Waals surface area (Å²) in [5.41, 5.74) is 0.642. The van der Waals surface area contributed by atoms with Gasteiger partial charge < -0.3 is 57.4 Å². The highest BCUT2D eigenvalue weighted by atomic mass is 16.8. The van der Waals surface area contributed by atoms with E-state index in [4.69, 9.17) is 52.1 Å². The van der Waals surface area contributed by atoms with Crippen molar-refractivity contribution in [3.63, 3.8) is 0 Å². The molecule has 2 aliphatic rings. The monoisotopic (exact) mass is 805 g/mol. The van der Waals surface area contributed by atoms with Gasteiger partial charge >= 0.3 is 35.8 Å². The van der Waals surface area contributed by atoms with Crippen LogP contribution in [0.4, 0.5) is 0 Å². The van der Waals surface area contributed by atoms with Gasteiger partial charge in [0.2, 0.25) is 5.91 Å². The van der Waals surface area contributed by atoms with Gasteiger partial charge in [0, 0.05) is 53.9 Å². The maximum Gasteiger partial charge on any atom is 0.303 e. The lowest BCUT2D eigenvalue weighted by Gasteiger charge is -2.49. The smallest absolute Gasteiger partial charge is 0.303 e. The summed E-state index contributed by atoms with van der Waals surface area (Å²) in [6.07, 6.45) is -13.6. The van der Waals surface area contributed by atoms with Crippen LogP contribution in [0.3, 0.4) is 0 Å². The average Bonchev–Trinajstić information content (AvgIpc) is 3.12. The molecule has 0 aromatic heterocycles. The molecule has 2 saturated heterocycles. The van der Waals surface area contributed by atoms with Gasteiger partial charge in [-0.05, 0) is 23.1 Å². The molecule has 2 aromatic carbocycles. The van der Waals surface area contributed by atoms with Crippen molar-refractivity contribution in [1.82, 2.24) is 5.32 Å². The summed E-state index contributed by atoms with van der Waals surface area (Å²) in [5.74, 6) is -4.89. The number of esters is 6. The highest BCUT2D eigenvalue weighted by Gasteiger charge is 2.57. The van der Waals surface area contributed by atoms with E-state index < -0.39 is 116 Å². The van der Waals surface area contributed by atoms with Crippen LogP contribution in [-0.2, 0) is 87.5 Å². The first kappa shape index (κ1) is 44.3. The molecule has 0 spiro atoms. The Labute approximate surface area is 327 Å². The lowest BCUT2D eigenvalue weighted by atomic mass is 9.94. The first-order chi connectivity index (χ1) is 27.0. The Morgan fingerprint density at radius 2 is 1.14 bits per heavy atom. The predicted octanol–water partition coefficient (Wildman–Crippen LogP) is 1.56. The largest absolute Gasteiger partial charge is 0.496 e. The van der Waals surface area contributed by atoms with Crippen molar-refractivity contribution in [3.8, 4) is 5.75 Å².